The van der Waals surface area contributed by atoms with Gasteiger partial charge >= 0.3 is 12.2 Å². The highest BCUT2D eigenvalue weighted by molar-refractivity contribution is 5.89. The Balaban J connectivity index is 1.21. The summed E-state index contributed by atoms with van der Waals surface area (Å²) in [5.41, 5.74) is 5.96. The van der Waals surface area contributed by atoms with Gasteiger partial charge in [0.15, 0.2) is 11.5 Å². The van der Waals surface area contributed by atoms with Crippen LogP contribution < -0.4 is 16.4 Å². The Labute approximate surface area is 222 Å². The number of rotatable bonds is 8. The van der Waals surface area contributed by atoms with Gasteiger partial charge in [-0.25, -0.2) is 19.7 Å². The number of carbonyl (C=O) groups is 1. The molecule has 1 aliphatic rings. The lowest BCUT2D eigenvalue weighted by molar-refractivity contribution is -0.162. The maximum atomic E-state index is 13.1. The second-order valence-corrected chi connectivity index (χ2v) is 9.53. The van der Waals surface area contributed by atoms with Crippen LogP contribution in [0.1, 0.15) is 23.6 Å². The number of aryl methyl sites for hydroxylation is 1. The second-order valence-electron chi connectivity index (χ2n) is 9.53. The van der Waals surface area contributed by atoms with Crippen molar-refractivity contribution >= 4 is 28.7 Å². The number of urea groups is 1. The van der Waals surface area contributed by atoms with Crippen LogP contribution in [-0.4, -0.2) is 92.3 Å². The van der Waals surface area contributed by atoms with Crippen molar-refractivity contribution < 1.29 is 32.9 Å². The van der Waals surface area contributed by atoms with E-state index in [0.717, 1.165) is 6.07 Å². The Bertz CT molecular complexity index is 1300. The molecule has 2 aromatic heterocycles. The quantitative estimate of drug-likeness (QED) is 0.261. The van der Waals surface area contributed by atoms with Crippen LogP contribution in [0.15, 0.2) is 30.9 Å². The first-order chi connectivity index (χ1) is 18.5. The van der Waals surface area contributed by atoms with Crippen LogP contribution in [0.2, 0.25) is 0 Å². The van der Waals surface area contributed by atoms with Crippen LogP contribution in [0.5, 0.6) is 0 Å². The number of imidazole rings is 1. The molecular formula is C24H31F3N8O4. The molecule has 1 unspecified atom stereocenters. The van der Waals surface area contributed by atoms with Crippen LogP contribution in [0.4, 0.5) is 29.5 Å². The molecule has 12 nitrogen and oxygen atoms in total. The molecule has 15 heteroatoms. The summed E-state index contributed by atoms with van der Waals surface area (Å²) >= 11 is 0. The predicted octanol–water partition coefficient (Wildman–Crippen LogP) is 1.54. The van der Waals surface area contributed by atoms with Gasteiger partial charge in [0.25, 0.3) is 0 Å². The van der Waals surface area contributed by atoms with E-state index in [1.54, 1.807) is 4.57 Å². The standard InChI is InChI=1S/C24H31F3N8O4/c1-13-4-5-14(8-15(13)24(25,26)27)33-23(38)29-6-3-7-34(2)9-17-20(37)19(36)16(10-39-17)35-12-32-18-21(28)30-11-31-22(18)35/h4-5,8,11-12,16-17,19-20,36-37H,3,6-7,9-10H2,1-2H3,(H2,28,30,31)(H2,29,33,38)/t16?,17-,19+,20-/m1/s1. The lowest BCUT2D eigenvalue weighted by Gasteiger charge is -2.39. The van der Waals surface area contributed by atoms with E-state index in [2.05, 4.69) is 25.6 Å². The molecule has 212 valence electrons. The fourth-order valence-corrected chi connectivity index (χ4v) is 4.51. The average Bonchev–Trinajstić information content (AvgIpc) is 3.30. The summed E-state index contributed by atoms with van der Waals surface area (Å²) in [7, 11) is 1.81. The first-order valence-corrected chi connectivity index (χ1v) is 12.3. The van der Waals surface area contributed by atoms with Crippen LogP contribution in [0, 0.1) is 6.92 Å². The maximum absolute atomic E-state index is 13.1. The molecular weight excluding hydrogens is 521 g/mol. The summed E-state index contributed by atoms with van der Waals surface area (Å²) in [6, 6.07) is 2.37. The van der Waals surface area contributed by atoms with Crippen molar-refractivity contribution in [1.29, 1.82) is 0 Å². The van der Waals surface area contributed by atoms with Gasteiger partial charge in [-0.3, -0.25) is 0 Å². The summed E-state index contributed by atoms with van der Waals surface area (Å²) in [5.74, 6) is 0.211. The number of nitrogens with two attached hydrogens (primary N) is 1. The zero-order valence-electron chi connectivity index (χ0n) is 21.4. The molecule has 39 heavy (non-hydrogen) atoms. The number of nitrogen functional groups attached to an aromatic ring is 1. The summed E-state index contributed by atoms with van der Waals surface area (Å²) in [6.07, 6.45) is -4.18. The van der Waals surface area contributed by atoms with Crippen molar-refractivity contribution in [3.8, 4) is 0 Å². The lowest BCUT2D eigenvalue weighted by Crippen LogP contribution is -2.54. The van der Waals surface area contributed by atoms with Gasteiger partial charge in [-0.2, -0.15) is 13.2 Å². The average molecular weight is 553 g/mol. The first kappa shape index (κ1) is 28.5. The summed E-state index contributed by atoms with van der Waals surface area (Å²) < 4.78 is 46.7. The van der Waals surface area contributed by atoms with Crippen molar-refractivity contribution in [2.75, 3.05) is 44.3 Å². The molecule has 0 aliphatic carbocycles. The Kier molecular flexibility index (Phi) is 8.54. The van der Waals surface area contributed by atoms with Crippen molar-refractivity contribution in [2.24, 2.45) is 0 Å². The van der Waals surface area contributed by atoms with Crippen molar-refractivity contribution in [3.05, 3.63) is 42.0 Å². The molecule has 4 atom stereocenters. The largest absolute Gasteiger partial charge is 0.416 e. The van der Waals surface area contributed by atoms with E-state index in [4.69, 9.17) is 10.5 Å². The third kappa shape index (κ3) is 6.55. The summed E-state index contributed by atoms with van der Waals surface area (Å²) in [5, 5.41) is 26.6. The zero-order valence-corrected chi connectivity index (χ0v) is 21.4. The number of amides is 2. The Morgan fingerprint density at radius 3 is 2.77 bits per heavy atom. The van der Waals surface area contributed by atoms with Crippen LogP contribution >= 0.6 is 0 Å². The number of ether oxygens (including phenoxy) is 1. The number of hydrogen-bond donors (Lipinski definition) is 5. The second kappa shape index (κ2) is 11.7. The number of nitrogens with zero attached hydrogens (tertiary/aromatic N) is 5. The molecule has 1 fully saturated rings. The summed E-state index contributed by atoms with van der Waals surface area (Å²) in [4.78, 5) is 26.3. The Morgan fingerprint density at radius 2 is 2.03 bits per heavy atom. The number of hydrogen-bond acceptors (Lipinski definition) is 9. The molecule has 0 bridgehead atoms. The predicted molar refractivity (Wildman–Crippen MR) is 136 cm³/mol. The van der Waals surface area contributed by atoms with E-state index in [1.807, 2.05) is 11.9 Å². The number of aliphatic hydroxyl groups excluding tert-OH is 2. The molecule has 0 saturated carbocycles. The highest BCUT2D eigenvalue weighted by atomic mass is 19.4. The van der Waals surface area contributed by atoms with Crippen molar-refractivity contribution in [2.45, 2.75) is 43.9 Å². The minimum absolute atomic E-state index is 0.0439. The number of nitrogens with one attached hydrogen (secondary N) is 2. The molecule has 6 N–H and O–H groups in total. The number of carbonyl (C=O) groups excluding carboxylic acids is 1. The normalized spacial score (nSPS) is 21.8. The number of alkyl halides is 3. The summed E-state index contributed by atoms with van der Waals surface area (Å²) in [6.45, 7) is 2.58. The topological polar surface area (TPSA) is 164 Å². The van der Waals surface area contributed by atoms with E-state index in [0.29, 0.717) is 30.7 Å². The van der Waals surface area contributed by atoms with E-state index >= 15 is 0 Å². The van der Waals surface area contributed by atoms with Crippen LogP contribution in [0.3, 0.4) is 0 Å². The van der Waals surface area contributed by atoms with Gasteiger partial charge in [0, 0.05) is 18.8 Å². The van der Waals surface area contributed by atoms with Gasteiger partial charge in [0.2, 0.25) is 0 Å². The van der Waals surface area contributed by atoms with Gasteiger partial charge in [0.05, 0.1) is 30.6 Å². The first-order valence-electron chi connectivity index (χ1n) is 12.3. The molecule has 3 aromatic rings. The SMILES string of the molecule is Cc1ccc(NC(=O)NCCCN(C)C[C@H]2OCC(n3cnc4c(N)ncnc43)[C@H](O)[C@@H]2O)cc1C(F)(F)F. The third-order valence-electron chi connectivity index (χ3n) is 6.65. The minimum atomic E-state index is -4.51. The molecule has 1 aliphatic heterocycles. The molecule has 1 aromatic carbocycles. The Morgan fingerprint density at radius 1 is 1.26 bits per heavy atom. The van der Waals surface area contributed by atoms with E-state index in [-0.39, 0.29) is 30.2 Å². The van der Waals surface area contributed by atoms with Crippen molar-refractivity contribution in [3.63, 3.8) is 0 Å². The molecule has 0 radical (unpaired) electrons. The fourth-order valence-electron chi connectivity index (χ4n) is 4.51. The monoisotopic (exact) mass is 552 g/mol. The van der Waals surface area contributed by atoms with Gasteiger partial charge in [-0.05, 0) is 44.6 Å². The highest BCUT2D eigenvalue weighted by Crippen LogP contribution is 2.33. The molecule has 2 amide bonds. The maximum Gasteiger partial charge on any atom is 0.416 e. The minimum Gasteiger partial charge on any atom is -0.388 e. The Hall–Kier alpha value is -3.53. The molecule has 0 spiro atoms. The van der Waals surface area contributed by atoms with E-state index in [9.17, 15) is 28.2 Å². The smallest absolute Gasteiger partial charge is 0.388 e. The number of fused-ring (bicyclic) bond motifs is 1. The highest BCUT2D eigenvalue weighted by Gasteiger charge is 2.40. The lowest BCUT2D eigenvalue weighted by atomic mass is 9.97. The fraction of sp³-hybridized carbons (Fsp3) is 0.500. The van der Waals surface area contributed by atoms with Crippen molar-refractivity contribution in [1.82, 2.24) is 29.7 Å². The van der Waals surface area contributed by atoms with Gasteiger partial charge < -0.3 is 40.8 Å². The molecule has 1 saturated heterocycles. The van der Waals surface area contributed by atoms with Gasteiger partial charge in [-0.15, -0.1) is 0 Å². The number of anilines is 2. The zero-order chi connectivity index (χ0) is 28.3. The number of aliphatic hydroxyl groups is 2. The molecule has 3 heterocycles. The van der Waals surface area contributed by atoms with Crippen LogP contribution in [-0.2, 0) is 10.9 Å². The number of benzene rings is 1. The number of halogens is 3. The van der Waals surface area contributed by atoms with E-state index in [1.165, 1.54) is 31.7 Å². The van der Waals surface area contributed by atoms with Gasteiger partial charge in [-0.1, -0.05) is 6.07 Å². The van der Waals surface area contributed by atoms with Crippen LogP contribution in [0.25, 0.3) is 11.2 Å². The molecule has 4 rings (SSSR count). The van der Waals surface area contributed by atoms with E-state index < -0.39 is 42.1 Å². The number of likely N-dealkylation sites (N-methyl/N-ethyl adjacent to an activating group) is 1. The van der Waals surface area contributed by atoms with Gasteiger partial charge in [0.1, 0.15) is 24.1 Å². The number of aromatic nitrogens is 4. The third-order valence-corrected chi connectivity index (χ3v) is 6.65.